The van der Waals surface area contributed by atoms with Crippen LogP contribution in [-0.4, -0.2) is 54.7 Å². The van der Waals surface area contributed by atoms with Gasteiger partial charge in [-0.25, -0.2) is 4.79 Å². The van der Waals surface area contributed by atoms with Crippen molar-refractivity contribution in [3.63, 3.8) is 0 Å². The first-order chi connectivity index (χ1) is 10.5. The maximum Gasteiger partial charge on any atom is 0.407 e. The smallest absolute Gasteiger partial charge is 0.407 e. The molecule has 1 amide bonds. The van der Waals surface area contributed by atoms with Gasteiger partial charge in [-0.2, -0.15) is 0 Å². The zero-order valence-electron chi connectivity index (χ0n) is 14.5. The fourth-order valence-corrected chi connectivity index (χ4v) is 3.47. The quantitative estimate of drug-likeness (QED) is 0.488. The minimum absolute atomic E-state index is 0.574. The molecule has 0 unspecified atom stereocenters. The van der Waals surface area contributed by atoms with Crippen molar-refractivity contribution in [1.82, 2.24) is 9.80 Å². The summed E-state index contributed by atoms with van der Waals surface area (Å²) in [6.07, 6.45) is 11.4. The van der Waals surface area contributed by atoms with Crippen molar-refractivity contribution in [2.45, 2.75) is 51.4 Å². The van der Waals surface area contributed by atoms with Crippen molar-refractivity contribution in [3.05, 3.63) is 12.7 Å². The average Bonchev–Trinajstić information content (AvgIpc) is 2.48. The first-order valence-corrected chi connectivity index (χ1v) is 8.76. The maximum atomic E-state index is 10.8. The first-order valence-electron chi connectivity index (χ1n) is 8.76. The van der Waals surface area contributed by atoms with E-state index in [0.717, 1.165) is 12.5 Å². The summed E-state index contributed by atoms with van der Waals surface area (Å²) in [5.74, 6) is 1.45. The molecule has 4 nitrogen and oxygen atoms in total. The van der Waals surface area contributed by atoms with E-state index < -0.39 is 6.09 Å². The lowest BCUT2D eigenvalue weighted by Crippen LogP contribution is -2.32. The van der Waals surface area contributed by atoms with E-state index in [1.165, 1.54) is 62.8 Å². The van der Waals surface area contributed by atoms with Crippen LogP contribution in [0.15, 0.2) is 12.7 Å². The Kier molecular flexibility index (Phi) is 9.21. The lowest BCUT2D eigenvalue weighted by Gasteiger charge is -2.30. The van der Waals surface area contributed by atoms with Gasteiger partial charge in [-0.3, -0.25) is 0 Å². The molecule has 128 valence electrons. The summed E-state index contributed by atoms with van der Waals surface area (Å²) in [5, 5.41) is 8.92. The van der Waals surface area contributed by atoms with Crippen LogP contribution in [0.5, 0.6) is 0 Å². The van der Waals surface area contributed by atoms with Gasteiger partial charge in [-0.05, 0) is 44.7 Å². The highest BCUT2D eigenvalue weighted by Gasteiger charge is 2.22. The van der Waals surface area contributed by atoms with Crippen molar-refractivity contribution < 1.29 is 9.90 Å². The summed E-state index contributed by atoms with van der Waals surface area (Å²) in [6, 6.07) is 0. The largest absolute Gasteiger partial charge is 0.465 e. The van der Waals surface area contributed by atoms with Crippen molar-refractivity contribution in [2.24, 2.45) is 11.8 Å². The normalized spacial score (nSPS) is 21.8. The first kappa shape index (κ1) is 19.0. The van der Waals surface area contributed by atoms with Gasteiger partial charge in [0.2, 0.25) is 0 Å². The Hall–Kier alpha value is -1.03. The van der Waals surface area contributed by atoms with Crippen LogP contribution in [0, 0.1) is 11.8 Å². The number of likely N-dealkylation sites (N-methyl/N-ethyl adjacent to an activating group) is 1. The van der Waals surface area contributed by atoms with Crippen molar-refractivity contribution in [1.29, 1.82) is 0 Å². The van der Waals surface area contributed by atoms with Gasteiger partial charge in [-0.1, -0.05) is 38.2 Å². The third-order valence-electron chi connectivity index (χ3n) is 4.92. The molecule has 0 radical (unpaired) electrons. The fourth-order valence-electron chi connectivity index (χ4n) is 3.47. The number of carbonyl (C=O) groups is 1. The highest BCUT2D eigenvalue weighted by atomic mass is 16.4. The van der Waals surface area contributed by atoms with Crippen LogP contribution < -0.4 is 0 Å². The molecule has 1 aliphatic carbocycles. The summed E-state index contributed by atoms with van der Waals surface area (Å²) in [7, 11) is 3.83. The fraction of sp³-hybridized carbons (Fsp3) is 0.833. The van der Waals surface area contributed by atoms with E-state index >= 15 is 0 Å². The van der Waals surface area contributed by atoms with Crippen LogP contribution in [0.4, 0.5) is 4.79 Å². The van der Waals surface area contributed by atoms with Gasteiger partial charge in [0, 0.05) is 20.1 Å². The molecular weight excluding hydrogens is 276 g/mol. The molecular formula is C18H34N2O2. The second-order valence-corrected chi connectivity index (χ2v) is 6.95. The Morgan fingerprint density at radius 2 is 1.77 bits per heavy atom. The Balaban J connectivity index is 2.03. The number of hydrogen-bond donors (Lipinski definition) is 1. The van der Waals surface area contributed by atoms with Gasteiger partial charge >= 0.3 is 6.09 Å². The lowest BCUT2D eigenvalue weighted by atomic mass is 9.79. The van der Waals surface area contributed by atoms with Crippen LogP contribution in [-0.2, 0) is 0 Å². The molecule has 1 fully saturated rings. The molecule has 0 heterocycles. The van der Waals surface area contributed by atoms with E-state index in [1.807, 2.05) is 6.08 Å². The van der Waals surface area contributed by atoms with E-state index in [0.29, 0.717) is 12.5 Å². The number of amides is 1. The Labute approximate surface area is 136 Å². The van der Waals surface area contributed by atoms with Crippen LogP contribution in [0.25, 0.3) is 0 Å². The molecule has 1 saturated carbocycles. The molecule has 4 heteroatoms. The molecule has 0 saturated heterocycles. The van der Waals surface area contributed by atoms with E-state index in [4.69, 9.17) is 5.11 Å². The third kappa shape index (κ3) is 7.83. The van der Waals surface area contributed by atoms with E-state index in [2.05, 4.69) is 18.5 Å². The SMILES string of the molecule is C=CCN(C)CCCCCC1CCC(CN(C)C(=O)O)CC1. The van der Waals surface area contributed by atoms with Crippen LogP contribution in [0.1, 0.15) is 51.4 Å². The van der Waals surface area contributed by atoms with Crippen LogP contribution in [0.2, 0.25) is 0 Å². The predicted octanol–water partition coefficient (Wildman–Crippen LogP) is 4.08. The molecule has 1 N–H and O–H groups in total. The van der Waals surface area contributed by atoms with Crippen molar-refractivity contribution >= 4 is 6.09 Å². The second-order valence-electron chi connectivity index (χ2n) is 6.95. The lowest BCUT2D eigenvalue weighted by molar-refractivity contribution is 0.138. The van der Waals surface area contributed by atoms with E-state index in [-0.39, 0.29) is 0 Å². The molecule has 0 aromatic heterocycles. The minimum atomic E-state index is -0.802. The topological polar surface area (TPSA) is 43.8 Å². The number of nitrogens with zero attached hydrogens (tertiary/aromatic N) is 2. The monoisotopic (exact) mass is 310 g/mol. The summed E-state index contributed by atoms with van der Waals surface area (Å²) < 4.78 is 0. The highest BCUT2D eigenvalue weighted by Crippen LogP contribution is 2.32. The van der Waals surface area contributed by atoms with Gasteiger partial charge in [0.25, 0.3) is 0 Å². The van der Waals surface area contributed by atoms with E-state index in [1.54, 1.807) is 7.05 Å². The maximum absolute atomic E-state index is 10.8. The Bertz CT molecular complexity index is 325. The molecule has 0 aromatic carbocycles. The van der Waals surface area contributed by atoms with Crippen LogP contribution in [0.3, 0.4) is 0 Å². The van der Waals surface area contributed by atoms with Gasteiger partial charge in [0.1, 0.15) is 0 Å². The molecule has 0 atom stereocenters. The summed E-state index contributed by atoms with van der Waals surface area (Å²) >= 11 is 0. The van der Waals surface area contributed by atoms with Gasteiger partial charge in [-0.15, -0.1) is 6.58 Å². The number of hydrogen-bond acceptors (Lipinski definition) is 2. The van der Waals surface area contributed by atoms with Crippen molar-refractivity contribution in [3.8, 4) is 0 Å². The molecule has 1 aliphatic rings. The van der Waals surface area contributed by atoms with Gasteiger partial charge in [0.05, 0.1) is 0 Å². The number of carboxylic acid groups (broad SMARTS) is 1. The zero-order chi connectivity index (χ0) is 16.4. The minimum Gasteiger partial charge on any atom is -0.465 e. The standard InChI is InChI=1S/C18H34N2O2/c1-4-13-19(2)14-7-5-6-8-16-9-11-17(12-10-16)15-20(3)18(21)22/h4,16-17H,1,5-15H2,2-3H3,(H,21,22). The number of rotatable bonds is 10. The van der Waals surface area contributed by atoms with E-state index in [9.17, 15) is 4.79 Å². The van der Waals surface area contributed by atoms with Gasteiger partial charge < -0.3 is 14.9 Å². The second kappa shape index (κ2) is 10.7. The molecule has 0 aliphatic heterocycles. The summed E-state index contributed by atoms with van der Waals surface area (Å²) in [4.78, 5) is 14.6. The van der Waals surface area contributed by atoms with Crippen molar-refractivity contribution in [2.75, 3.05) is 33.7 Å². The Morgan fingerprint density at radius 3 is 2.36 bits per heavy atom. The molecule has 0 spiro atoms. The average molecular weight is 310 g/mol. The molecule has 1 rings (SSSR count). The van der Waals surface area contributed by atoms with Crippen LogP contribution >= 0.6 is 0 Å². The molecule has 0 aromatic rings. The number of unbranched alkanes of at least 4 members (excludes halogenated alkanes) is 2. The zero-order valence-corrected chi connectivity index (χ0v) is 14.5. The highest BCUT2D eigenvalue weighted by molar-refractivity contribution is 5.64. The molecule has 0 bridgehead atoms. The predicted molar refractivity (Wildman–Crippen MR) is 92.3 cm³/mol. The third-order valence-corrected chi connectivity index (χ3v) is 4.92. The Morgan fingerprint density at radius 1 is 1.14 bits per heavy atom. The van der Waals surface area contributed by atoms with Gasteiger partial charge in [0.15, 0.2) is 0 Å². The summed E-state index contributed by atoms with van der Waals surface area (Å²) in [6.45, 7) is 6.62. The molecule has 22 heavy (non-hydrogen) atoms. The summed E-state index contributed by atoms with van der Waals surface area (Å²) in [5.41, 5.74) is 0.